The molecule has 24 heavy (non-hydrogen) atoms. The highest BCUT2D eigenvalue weighted by molar-refractivity contribution is 5.75. The number of methoxy groups -OCH3 is 2. The number of esters is 1. The lowest BCUT2D eigenvalue weighted by molar-refractivity contribution is -0.143. The van der Waals surface area contributed by atoms with Crippen molar-refractivity contribution in [3.63, 3.8) is 0 Å². The molecule has 2 rings (SSSR count). The van der Waals surface area contributed by atoms with E-state index in [1.807, 2.05) is 42.5 Å². The van der Waals surface area contributed by atoms with Crippen LogP contribution in [0.5, 0.6) is 11.5 Å². The number of hydrogen-bond acceptors (Lipinski definition) is 5. The Kier molecular flexibility index (Phi) is 6.21. The molecule has 0 radical (unpaired) electrons. The van der Waals surface area contributed by atoms with Crippen LogP contribution in [0, 0.1) is 0 Å². The predicted molar refractivity (Wildman–Crippen MR) is 93.2 cm³/mol. The average molecular weight is 329 g/mol. The van der Waals surface area contributed by atoms with Crippen molar-refractivity contribution < 1.29 is 19.0 Å². The summed E-state index contributed by atoms with van der Waals surface area (Å²) in [7, 11) is 3.21. The standard InChI is InChI=1S/C19H23NO4/c1-4-24-18(21)12-16(20)14-8-5-7-13(11-14)15-9-6-10-17(22-2)19(15)23-3/h5-11,16H,4,12,20H2,1-3H3/t16-/m0/s1. The van der Waals surface area contributed by atoms with E-state index >= 15 is 0 Å². The number of benzene rings is 2. The molecule has 5 nitrogen and oxygen atoms in total. The average Bonchev–Trinajstić information content (AvgIpc) is 2.61. The molecule has 0 bridgehead atoms. The van der Waals surface area contributed by atoms with Gasteiger partial charge in [0.2, 0.25) is 0 Å². The maximum absolute atomic E-state index is 11.6. The fourth-order valence-electron chi connectivity index (χ4n) is 2.57. The zero-order chi connectivity index (χ0) is 17.5. The minimum atomic E-state index is -0.416. The second-order valence-corrected chi connectivity index (χ2v) is 5.28. The predicted octanol–water partition coefficient (Wildman–Crippen LogP) is 3.32. The summed E-state index contributed by atoms with van der Waals surface area (Å²) in [6, 6.07) is 13.0. The van der Waals surface area contributed by atoms with E-state index in [9.17, 15) is 4.79 Å². The Morgan fingerprint density at radius 2 is 1.88 bits per heavy atom. The Morgan fingerprint density at radius 1 is 1.12 bits per heavy atom. The molecule has 5 heteroatoms. The molecule has 128 valence electrons. The summed E-state index contributed by atoms with van der Waals surface area (Å²) < 4.78 is 15.8. The third kappa shape index (κ3) is 4.06. The molecule has 0 aromatic heterocycles. The van der Waals surface area contributed by atoms with E-state index in [2.05, 4.69) is 0 Å². The molecular formula is C19H23NO4. The van der Waals surface area contributed by atoms with Crippen LogP contribution in [-0.4, -0.2) is 26.8 Å². The molecule has 2 N–H and O–H groups in total. The van der Waals surface area contributed by atoms with Crippen molar-refractivity contribution >= 4 is 5.97 Å². The maximum Gasteiger partial charge on any atom is 0.307 e. The van der Waals surface area contributed by atoms with Crippen molar-refractivity contribution in [2.24, 2.45) is 5.73 Å². The zero-order valence-electron chi connectivity index (χ0n) is 14.2. The molecule has 2 aromatic carbocycles. The van der Waals surface area contributed by atoms with Gasteiger partial charge < -0.3 is 19.9 Å². The normalized spacial score (nSPS) is 11.7. The highest BCUT2D eigenvalue weighted by Crippen LogP contribution is 2.38. The summed E-state index contributed by atoms with van der Waals surface area (Å²) in [5, 5.41) is 0. The molecule has 0 spiro atoms. The van der Waals surface area contributed by atoms with Gasteiger partial charge in [0.25, 0.3) is 0 Å². The number of carbonyl (C=O) groups excluding carboxylic acids is 1. The summed E-state index contributed by atoms with van der Waals surface area (Å²) in [5.74, 6) is 1.03. The van der Waals surface area contributed by atoms with Crippen molar-refractivity contribution in [2.75, 3.05) is 20.8 Å². The number of para-hydroxylation sites is 1. The van der Waals surface area contributed by atoms with Gasteiger partial charge in [-0.3, -0.25) is 4.79 Å². The van der Waals surface area contributed by atoms with Gasteiger partial charge in [0.05, 0.1) is 27.2 Å². The van der Waals surface area contributed by atoms with Crippen LogP contribution in [0.4, 0.5) is 0 Å². The lowest BCUT2D eigenvalue weighted by Gasteiger charge is -2.15. The molecule has 0 saturated heterocycles. The van der Waals surface area contributed by atoms with Crippen molar-refractivity contribution in [3.05, 3.63) is 48.0 Å². The minimum Gasteiger partial charge on any atom is -0.493 e. The molecule has 0 fully saturated rings. The van der Waals surface area contributed by atoms with Crippen molar-refractivity contribution in [3.8, 4) is 22.6 Å². The first kappa shape index (κ1) is 17.8. The van der Waals surface area contributed by atoms with E-state index in [0.29, 0.717) is 18.1 Å². The van der Waals surface area contributed by atoms with Gasteiger partial charge in [-0.1, -0.05) is 30.3 Å². The van der Waals surface area contributed by atoms with Gasteiger partial charge in [0.1, 0.15) is 0 Å². The van der Waals surface area contributed by atoms with Crippen LogP contribution in [0.15, 0.2) is 42.5 Å². The highest BCUT2D eigenvalue weighted by atomic mass is 16.5. The highest BCUT2D eigenvalue weighted by Gasteiger charge is 2.15. The van der Waals surface area contributed by atoms with Crippen LogP contribution >= 0.6 is 0 Å². The summed E-state index contributed by atoms with van der Waals surface area (Å²) >= 11 is 0. The topological polar surface area (TPSA) is 70.8 Å². The minimum absolute atomic E-state index is 0.145. The first-order valence-corrected chi connectivity index (χ1v) is 7.83. The third-order valence-electron chi connectivity index (χ3n) is 3.72. The number of hydrogen-bond donors (Lipinski definition) is 1. The first-order valence-electron chi connectivity index (χ1n) is 7.83. The summed E-state index contributed by atoms with van der Waals surface area (Å²) in [6.07, 6.45) is 0.145. The van der Waals surface area contributed by atoms with E-state index in [-0.39, 0.29) is 12.4 Å². The van der Waals surface area contributed by atoms with Crippen molar-refractivity contribution in [1.29, 1.82) is 0 Å². The van der Waals surface area contributed by atoms with Crippen LogP contribution in [-0.2, 0) is 9.53 Å². The molecule has 0 heterocycles. The Morgan fingerprint density at radius 3 is 2.54 bits per heavy atom. The monoisotopic (exact) mass is 329 g/mol. The molecule has 0 amide bonds. The quantitative estimate of drug-likeness (QED) is 0.789. The van der Waals surface area contributed by atoms with Crippen molar-refractivity contribution in [2.45, 2.75) is 19.4 Å². The van der Waals surface area contributed by atoms with Gasteiger partial charge in [0, 0.05) is 11.6 Å². The van der Waals surface area contributed by atoms with Gasteiger partial charge in [-0.2, -0.15) is 0 Å². The maximum atomic E-state index is 11.6. The van der Waals surface area contributed by atoms with E-state index in [1.165, 1.54) is 0 Å². The summed E-state index contributed by atoms with van der Waals surface area (Å²) in [5.41, 5.74) is 8.86. The molecule has 0 aliphatic heterocycles. The fraction of sp³-hybridized carbons (Fsp3) is 0.316. The number of ether oxygens (including phenoxy) is 3. The Bertz CT molecular complexity index is 700. The Balaban J connectivity index is 2.32. The molecule has 0 saturated carbocycles. The number of nitrogens with two attached hydrogens (primary N) is 1. The summed E-state index contributed by atoms with van der Waals surface area (Å²) in [6.45, 7) is 2.13. The van der Waals surface area contributed by atoms with Crippen LogP contribution < -0.4 is 15.2 Å². The zero-order valence-corrected chi connectivity index (χ0v) is 14.2. The molecular weight excluding hydrogens is 306 g/mol. The van der Waals surface area contributed by atoms with Gasteiger partial charge in [-0.15, -0.1) is 0 Å². The van der Waals surface area contributed by atoms with Gasteiger partial charge >= 0.3 is 5.97 Å². The number of rotatable bonds is 7. The van der Waals surface area contributed by atoms with Gasteiger partial charge in [0.15, 0.2) is 11.5 Å². The van der Waals surface area contributed by atoms with E-state index in [1.54, 1.807) is 21.1 Å². The molecule has 2 aromatic rings. The molecule has 0 unspecified atom stereocenters. The van der Waals surface area contributed by atoms with E-state index in [4.69, 9.17) is 19.9 Å². The molecule has 1 atom stereocenters. The van der Waals surface area contributed by atoms with Crippen molar-refractivity contribution in [1.82, 2.24) is 0 Å². The second-order valence-electron chi connectivity index (χ2n) is 5.28. The van der Waals surface area contributed by atoms with Crippen LogP contribution in [0.25, 0.3) is 11.1 Å². The Hall–Kier alpha value is -2.53. The van der Waals surface area contributed by atoms with E-state index < -0.39 is 6.04 Å². The lowest BCUT2D eigenvalue weighted by Crippen LogP contribution is -2.17. The lowest BCUT2D eigenvalue weighted by atomic mass is 9.97. The van der Waals surface area contributed by atoms with Gasteiger partial charge in [-0.25, -0.2) is 0 Å². The second kappa shape index (κ2) is 8.36. The SMILES string of the molecule is CCOC(=O)C[C@H](N)c1cccc(-c2cccc(OC)c2OC)c1. The molecule has 0 aliphatic carbocycles. The largest absolute Gasteiger partial charge is 0.493 e. The Labute approximate surface area is 142 Å². The van der Waals surface area contributed by atoms with Crippen LogP contribution in [0.1, 0.15) is 24.9 Å². The molecule has 0 aliphatic rings. The summed E-state index contributed by atoms with van der Waals surface area (Å²) in [4.78, 5) is 11.6. The van der Waals surface area contributed by atoms with Crippen LogP contribution in [0.3, 0.4) is 0 Å². The van der Waals surface area contributed by atoms with Crippen LogP contribution in [0.2, 0.25) is 0 Å². The third-order valence-corrected chi connectivity index (χ3v) is 3.72. The first-order chi connectivity index (χ1) is 11.6. The van der Waals surface area contributed by atoms with Gasteiger partial charge in [-0.05, 0) is 30.2 Å². The smallest absolute Gasteiger partial charge is 0.307 e. The van der Waals surface area contributed by atoms with E-state index in [0.717, 1.165) is 16.7 Å². The fourth-order valence-corrected chi connectivity index (χ4v) is 2.57. The number of carbonyl (C=O) groups is 1.